The average molecular weight is 329 g/mol. The minimum atomic E-state index is -1.82. The maximum atomic E-state index is 10.6. The van der Waals surface area contributed by atoms with Gasteiger partial charge in [0.25, 0.3) is 0 Å². The summed E-state index contributed by atoms with van der Waals surface area (Å²) in [4.78, 5) is 20.6. The minimum Gasteiger partial charge on any atom is -0.473 e. The van der Waals surface area contributed by atoms with Crippen LogP contribution in [0.2, 0.25) is 0 Å². The normalized spacial score (nSPS) is 31.6. The van der Waals surface area contributed by atoms with E-state index in [1.54, 1.807) is 0 Å². The number of carboxylic acids is 2. The van der Waals surface area contributed by atoms with Crippen molar-refractivity contribution in [1.29, 1.82) is 0 Å². The predicted molar refractivity (Wildman–Crippen MR) is 84.2 cm³/mol. The van der Waals surface area contributed by atoms with Gasteiger partial charge in [0.05, 0.1) is 18.8 Å². The number of rotatable bonds is 2. The van der Waals surface area contributed by atoms with Crippen molar-refractivity contribution in [3.8, 4) is 0 Å². The number of morpholine rings is 1. The van der Waals surface area contributed by atoms with Crippen LogP contribution in [0, 0.1) is 5.92 Å². The van der Waals surface area contributed by atoms with E-state index in [1.807, 2.05) is 6.92 Å². The first-order valence-electron chi connectivity index (χ1n) is 7.81. The fourth-order valence-corrected chi connectivity index (χ4v) is 3.15. The molecule has 1 heterocycles. The molecule has 0 aromatic rings. The van der Waals surface area contributed by atoms with Gasteiger partial charge in [0, 0.05) is 19.1 Å². The number of allylic oxidation sites excluding steroid dienone is 1. The van der Waals surface area contributed by atoms with Gasteiger partial charge in [-0.25, -0.2) is 9.59 Å². The van der Waals surface area contributed by atoms with Crippen molar-refractivity contribution in [3.05, 3.63) is 12.2 Å². The van der Waals surface area contributed by atoms with Crippen LogP contribution in [0.4, 0.5) is 0 Å². The van der Waals surface area contributed by atoms with Gasteiger partial charge in [-0.1, -0.05) is 12.2 Å². The Balaban J connectivity index is 0.000000379. The third kappa shape index (κ3) is 5.93. The highest BCUT2D eigenvalue weighted by atomic mass is 16.5. The van der Waals surface area contributed by atoms with Crippen LogP contribution in [0.3, 0.4) is 0 Å². The van der Waals surface area contributed by atoms with Crippen LogP contribution < -0.4 is 0 Å². The Bertz CT molecular complexity index is 430. The molecule has 0 amide bonds. The van der Waals surface area contributed by atoms with Crippen molar-refractivity contribution in [3.63, 3.8) is 0 Å². The van der Waals surface area contributed by atoms with E-state index < -0.39 is 17.5 Å². The highest BCUT2D eigenvalue weighted by molar-refractivity contribution is 6.27. The van der Waals surface area contributed by atoms with E-state index in [-0.39, 0.29) is 6.04 Å². The summed E-state index contributed by atoms with van der Waals surface area (Å²) in [5.41, 5.74) is 0.710. The second-order valence-corrected chi connectivity index (χ2v) is 6.45. The van der Waals surface area contributed by atoms with Gasteiger partial charge in [-0.05, 0) is 39.0 Å². The quantitative estimate of drug-likeness (QED) is 0.512. The minimum absolute atomic E-state index is 0.266. The molecule has 0 aromatic carbocycles. The Morgan fingerprint density at radius 2 is 1.74 bits per heavy atom. The van der Waals surface area contributed by atoms with E-state index in [4.69, 9.17) is 24.5 Å². The van der Waals surface area contributed by atoms with Crippen LogP contribution in [-0.2, 0) is 14.3 Å². The molecule has 7 heteroatoms. The molecule has 1 saturated carbocycles. The van der Waals surface area contributed by atoms with Crippen LogP contribution >= 0.6 is 0 Å². The van der Waals surface area contributed by atoms with Gasteiger partial charge in [0.15, 0.2) is 0 Å². The zero-order valence-electron chi connectivity index (χ0n) is 13.8. The maximum Gasteiger partial charge on any atom is 0.414 e. The van der Waals surface area contributed by atoms with Crippen LogP contribution in [0.25, 0.3) is 0 Å². The molecule has 23 heavy (non-hydrogen) atoms. The summed E-state index contributed by atoms with van der Waals surface area (Å²) in [6, 6.07) is 0.266. The van der Waals surface area contributed by atoms with Crippen LogP contribution in [0.15, 0.2) is 12.2 Å². The number of hydrogen-bond donors (Lipinski definition) is 3. The number of ether oxygens (including phenoxy) is 1. The van der Waals surface area contributed by atoms with Crippen molar-refractivity contribution in [2.75, 3.05) is 26.3 Å². The topological polar surface area (TPSA) is 107 Å². The summed E-state index contributed by atoms with van der Waals surface area (Å²) >= 11 is 0. The van der Waals surface area contributed by atoms with Gasteiger partial charge >= 0.3 is 11.9 Å². The summed E-state index contributed by atoms with van der Waals surface area (Å²) in [5, 5.41) is 25.4. The van der Waals surface area contributed by atoms with E-state index in [2.05, 4.69) is 18.4 Å². The van der Waals surface area contributed by atoms with Gasteiger partial charge in [0.2, 0.25) is 0 Å². The SMILES string of the molecule is C=C(C)C1CCC(C)(O)C(N2CCOCC2)C1.O=C(O)C(=O)O. The fourth-order valence-electron chi connectivity index (χ4n) is 3.15. The zero-order chi connectivity index (χ0) is 17.6. The van der Waals surface area contributed by atoms with E-state index in [0.29, 0.717) is 5.92 Å². The molecule has 3 atom stereocenters. The van der Waals surface area contributed by atoms with E-state index in [0.717, 1.165) is 45.6 Å². The van der Waals surface area contributed by atoms with Crippen molar-refractivity contribution >= 4 is 11.9 Å². The molecule has 3 unspecified atom stereocenters. The lowest BCUT2D eigenvalue weighted by Crippen LogP contribution is -2.57. The molecule has 2 aliphatic rings. The Hall–Kier alpha value is -1.44. The molecule has 7 nitrogen and oxygen atoms in total. The van der Waals surface area contributed by atoms with Crippen molar-refractivity contribution < 1.29 is 29.6 Å². The second kappa shape index (κ2) is 8.42. The number of hydrogen-bond acceptors (Lipinski definition) is 5. The van der Waals surface area contributed by atoms with Gasteiger partial charge in [0.1, 0.15) is 0 Å². The Morgan fingerprint density at radius 1 is 1.22 bits per heavy atom. The monoisotopic (exact) mass is 329 g/mol. The molecule has 1 saturated heterocycles. The molecular weight excluding hydrogens is 302 g/mol. The lowest BCUT2D eigenvalue weighted by Gasteiger charge is -2.47. The van der Waals surface area contributed by atoms with Crippen LogP contribution in [0.1, 0.15) is 33.1 Å². The second-order valence-electron chi connectivity index (χ2n) is 6.45. The molecule has 0 aromatic heterocycles. The Labute approximate surface area is 136 Å². The first-order chi connectivity index (χ1) is 10.6. The number of carboxylic acid groups (broad SMARTS) is 2. The van der Waals surface area contributed by atoms with Crippen molar-refractivity contribution in [2.24, 2.45) is 5.92 Å². The number of aliphatic hydroxyl groups is 1. The Kier molecular flexibility index (Phi) is 7.18. The molecule has 132 valence electrons. The van der Waals surface area contributed by atoms with Gasteiger partial charge in [-0.2, -0.15) is 0 Å². The summed E-state index contributed by atoms with van der Waals surface area (Å²) in [6.07, 6.45) is 3.00. The average Bonchev–Trinajstić information content (AvgIpc) is 2.48. The molecule has 1 aliphatic heterocycles. The highest BCUT2D eigenvalue weighted by Crippen LogP contribution is 2.38. The Morgan fingerprint density at radius 3 is 2.17 bits per heavy atom. The zero-order valence-corrected chi connectivity index (χ0v) is 13.8. The van der Waals surface area contributed by atoms with E-state index in [9.17, 15) is 5.11 Å². The lowest BCUT2D eigenvalue weighted by molar-refractivity contribution is -0.159. The van der Waals surface area contributed by atoms with Gasteiger partial charge in [-0.15, -0.1) is 0 Å². The number of nitrogens with zero attached hydrogens (tertiary/aromatic N) is 1. The summed E-state index contributed by atoms with van der Waals surface area (Å²) in [7, 11) is 0. The summed E-state index contributed by atoms with van der Waals surface area (Å²) in [6.45, 7) is 11.7. The third-order valence-electron chi connectivity index (χ3n) is 4.59. The first-order valence-corrected chi connectivity index (χ1v) is 7.81. The molecule has 0 radical (unpaired) electrons. The molecular formula is C16H27NO6. The predicted octanol–water partition coefficient (Wildman–Crippen LogP) is 0.970. The van der Waals surface area contributed by atoms with Gasteiger partial charge in [-0.3, -0.25) is 4.90 Å². The highest BCUT2D eigenvalue weighted by Gasteiger charge is 2.41. The van der Waals surface area contributed by atoms with E-state index >= 15 is 0 Å². The number of carbonyl (C=O) groups is 2. The molecule has 3 N–H and O–H groups in total. The third-order valence-corrected chi connectivity index (χ3v) is 4.59. The fraction of sp³-hybridized carbons (Fsp3) is 0.750. The van der Waals surface area contributed by atoms with Crippen molar-refractivity contribution in [2.45, 2.75) is 44.8 Å². The molecule has 1 aliphatic carbocycles. The summed E-state index contributed by atoms with van der Waals surface area (Å²) in [5.74, 6) is -3.08. The molecule has 2 rings (SSSR count). The standard InChI is InChI=1S/C14H25NO2.C2H2O4/c1-11(2)12-4-5-14(3,16)13(10-12)15-6-8-17-9-7-15;3-1(4)2(5)6/h12-13,16H,1,4-10H2,2-3H3;(H,3,4)(H,5,6). The van der Waals surface area contributed by atoms with Gasteiger partial charge < -0.3 is 20.1 Å². The van der Waals surface area contributed by atoms with E-state index in [1.165, 1.54) is 5.57 Å². The lowest BCUT2D eigenvalue weighted by atomic mass is 9.73. The van der Waals surface area contributed by atoms with Crippen molar-refractivity contribution in [1.82, 2.24) is 4.90 Å². The first kappa shape index (κ1) is 19.6. The molecule has 2 fully saturated rings. The van der Waals surface area contributed by atoms with Crippen LogP contribution in [-0.4, -0.2) is 70.1 Å². The number of aliphatic carboxylic acids is 2. The largest absolute Gasteiger partial charge is 0.473 e. The molecule has 0 spiro atoms. The summed E-state index contributed by atoms with van der Waals surface area (Å²) < 4.78 is 5.39. The van der Waals surface area contributed by atoms with Crippen LogP contribution in [0.5, 0.6) is 0 Å². The maximum absolute atomic E-state index is 10.6. The molecule has 0 bridgehead atoms. The smallest absolute Gasteiger partial charge is 0.414 e.